The maximum Gasteiger partial charge on any atom is 0.313 e. The zero-order chi connectivity index (χ0) is 20.4. The molecule has 4 heteroatoms. The molecular weight excluding hydrogens is 362 g/mol. The standard InChI is InChI=1S/C25H25NO3/c1-16(23(27)15-24(28)29-2)17-9-7-8-14-22(17)26-25-20-12-5-3-10-18(20)19-11-4-6-13-21(19)25/h3-6,10-13,16H,7-9,14-15H2,1-2H3. The Morgan fingerprint density at radius 2 is 1.48 bits per heavy atom. The molecule has 0 saturated heterocycles. The molecule has 0 bridgehead atoms. The first-order valence-corrected chi connectivity index (χ1v) is 10.2. The van der Waals surface area contributed by atoms with Crippen molar-refractivity contribution >= 4 is 17.5 Å². The fourth-order valence-corrected chi connectivity index (χ4v) is 4.32. The third-order valence-electron chi connectivity index (χ3n) is 5.93. The largest absolute Gasteiger partial charge is 0.469 e. The molecule has 2 aromatic rings. The summed E-state index contributed by atoms with van der Waals surface area (Å²) >= 11 is 0. The smallest absolute Gasteiger partial charge is 0.313 e. The highest BCUT2D eigenvalue weighted by Crippen LogP contribution is 2.39. The number of Topliss-reactive ketones (excluding diaryl/α,β-unsaturated/α-hetero) is 1. The van der Waals surface area contributed by atoms with Crippen molar-refractivity contribution in [1.29, 1.82) is 0 Å². The summed E-state index contributed by atoms with van der Waals surface area (Å²) in [4.78, 5) is 29.3. The molecule has 0 fully saturated rings. The van der Waals surface area contributed by atoms with Crippen molar-refractivity contribution < 1.29 is 14.3 Å². The second kappa shape index (κ2) is 8.16. The van der Waals surface area contributed by atoms with E-state index in [1.807, 2.05) is 19.1 Å². The second-order valence-corrected chi connectivity index (χ2v) is 7.67. The summed E-state index contributed by atoms with van der Waals surface area (Å²) in [5.74, 6) is -0.899. The van der Waals surface area contributed by atoms with E-state index in [0.29, 0.717) is 0 Å². The molecule has 1 unspecified atom stereocenters. The molecule has 0 amide bonds. The summed E-state index contributed by atoms with van der Waals surface area (Å²) in [6.45, 7) is 1.89. The predicted octanol–water partition coefficient (Wildman–Crippen LogP) is 5.10. The number of allylic oxidation sites excluding steroid dienone is 2. The van der Waals surface area contributed by atoms with Gasteiger partial charge in [-0.25, -0.2) is 0 Å². The Bertz CT molecular complexity index is 984. The van der Waals surface area contributed by atoms with Crippen LogP contribution in [0.3, 0.4) is 0 Å². The zero-order valence-corrected chi connectivity index (χ0v) is 16.9. The Morgan fingerprint density at radius 1 is 0.931 bits per heavy atom. The van der Waals surface area contributed by atoms with E-state index < -0.39 is 5.97 Å². The minimum Gasteiger partial charge on any atom is -0.469 e. The highest BCUT2D eigenvalue weighted by molar-refractivity contribution is 6.24. The van der Waals surface area contributed by atoms with E-state index in [2.05, 4.69) is 41.1 Å². The van der Waals surface area contributed by atoms with Gasteiger partial charge in [-0.2, -0.15) is 0 Å². The number of carbonyl (C=O) groups excluding carboxylic acids is 2. The number of ether oxygens (including phenoxy) is 1. The molecule has 0 aliphatic heterocycles. The van der Waals surface area contributed by atoms with Gasteiger partial charge in [-0.3, -0.25) is 14.6 Å². The molecule has 0 heterocycles. The van der Waals surface area contributed by atoms with Crippen LogP contribution in [0.5, 0.6) is 0 Å². The minimum atomic E-state index is -0.482. The fourth-order valence-electron chi connectivity index (χ4n) is 4.32. The topological polar surface area (TPSA) is 55.7 Å². The summed E-state index contributed by atoms with van der Waals surface area (Å²) < 4.78 is 4.67. The van der Waals surface area contributed by atoms with E-state index >= 15 is 0 Å². The van der Waals surface area contributed by atoms with E-state index in [0.717, 1.165) is 53.8 Å². The van der Waals surface area contributed by atoms with Crippen LogP contribution in [-0.4, -0.2) is 24.6 Å². The average molecular weight is 387 g/mol. The van der Waals surface area contributed by atoms with Crippen molar-refractivity contribution in [2.45, 2.75) is 39.0 Å². The highest BCUT2D eigenvalue weighted by Gasteiger charge is 2.28. The molecule has 0 radical (unpaired) electrons. The first-order valence-electron chi connectivity index (χ1n) is 10.2. The van der Waals surface area contributed by atoms with Gasteiger partial charge >= 0.3 is 5.97 Å². The van der Waals surface area contributed by atoms with Gasteiger partial charge in [-0.15, -0.1) is 0 Å². The number of esters is 1. The number of aliphatic imine (C=N–C) groups is 1. The predicted molar refractivity (Wildman–Crippen MR) is 114 cm³/mol. The SMILES string of the molecule is COC(=O)CC(=O)C(C)C1=C(N=C2c3ccccc3-c3ccccc32)CCCC1. The van der Waals surface area contributed by atoms with Gasteiger partial charge in [0.15, 0.2) is 5.78 Å². The third-order valence-corrected chi connectivity index (χ3v) is 5.93. The van der Waals surface area contributed by atoms with Gasteiger partial charge in [0, 0.05) is 22.7 Å². The normalized spacial score (nSPS) is 16.1. The Morgan fingerprint density at radius 3 is 2.07 bits per heavy atom. The number of carbonyl (C=O) groups is 2. The number of fused-ring (bicyclic) bond motifs is 3. The summed E-state index contributed by atoms with van der Waals surface area (Å²) in [7, 11) is 1.31. The van der Waals surface area contributed by atoms with Crippen molar-refractivity contribution in [2.24, 2.45) is 10.9 Å². The van der Waals surface area contributed by atoms with Crippen molar-refractivity contribution in [3.8, 4) is 11.1 Å². The van der Waals surface area contributed by atoms with E-state index in [-0.39, 0.29) is 18.1 Å². The highest BCUT2D eigenvalue weighted by atomic mass is 16.5. The second-order valence-electron chi connectivity index (χ2n) is 7.67. The molecule has 0 N–H and O–H groups in total. The van der Waals surface area contributed by atoms with E-state index in [1.165, 1.54) is 18.2 Å². The molecule has 2 aliphatic carbocycles. The molecule has 148 valence electrons. The molecule has 0 aromatic heterocycles. The lowest BCUT2D eigenvalue weighted by Crippen LogP contribution is -2.20. The number of rotatable bonds is 5. The van der Waals surface area contributed by atoms with Crippen molar-refractivity contribution in [3.63, 3.8) is 0 Å². The van der Waals surface area contributed by atoms with Gasteiger partial charge in [0.2, 0.25) is 0 Å². The lowest BCUT2D eigenvalue weighted by Gasteiger charge is -2.22. The monoisotopic (exact) mass is 387 g/mol. The first-order chi connectivity index (χ1) is 14.1. The summed E-state index contributed by atoms with van der Waals surface area (Å²) in [6.07, 6.45) is 3.64. The molecular formula is C25H25NO3. The van der Waals surface area contributed by atoms with Gasteiger partial charge in [0.25, 0.3) is 0 Å². The van der Waals surface area contributed by atoms with Crippen molar-refractivity contribution in [3.05, 3.63) is 70.9 Å². The number of hydrogen-bond donors (Lipinski definition) is 0. The summed E-state index contributed by atoms with van der Waals surface area (Å²) in [5, 5.41) is 0. The van der Waals surface area contributed by atoms with Gasteiger partial charge in [0.1, 0.15) is 6.42 Å². The Kier molecular flexibility index (Phi) is 5.43. The van der Waals surface area contributed by atoms with Crippen LogP contribution in [0.25, 0.3) is 11.1 Å². The maximum atomic E-state index is 12.6. The molecule has 4 nitrogen and oxygen atoms in total. The number of ketones is 1. The molecule has 2 aromatic carbocycles. The zero-order valence-electron chi connectivity index (χ0n) is 16.9. The van der Waals surface area contributed by atoms with Gasteiger partial charge in [-0.05, 0) is 42.4 Å². The van der Waals surface area contributed by atoms with Crippen LogP contribution in [0, 0.1) is 5.92 Å². The van der Waals surface area contributed by atoms with Crippen LogP contribution < -0.4 is 0 Å². The van der Waals surface area contributed by atoms with E-state index in [9.17, 15) is 9.59 Å². The molecule has 1 atom stereocenters. The summed E-state index contributed by atoms with van der Waals surface area (Å²) in [6, 6.07) is 16.7. The molecule has 0 saturated carbocycles. The Hall–Kier alpha value is -3.01. The molecule has 0 spiro atoms. The first kappa shape index (κ1) is 19.3. The maximum absolute atomic E-state index is 12.6. The van der Waals surface area contributed by atoms with Crippen LogP contribution in [0.4, 0.5) is 0 Å². The van der Waals surface area contributed by atoms with Gasteiger partial charge < -0.3 is 4.74 Å². The van der Waals surface area contributed by atoms with Crippen LogP contribution in [0.2, 0.25) is 0 Å². The van der Waals surface area contributed by atoms with Gasteiger partial charge in [-0.1, -0.05) is 55.5 Å². The Balaban J connectivity index is 1.77. The molecule has 4 rings (SSSR count). The number of hydrogen-bond acceptors (Lipinski definition) is 4. The molecule has 29 heavy (non-hydrogen) atoms. The minimum absolute atomic E-state index is 0.0985. The third kappa shape index (κ3) is 3.67. The van der Waals surface area contributed by atoms with Crippen LogP contribution in [0.1, 0.15) is 50.2 Å². The fraction of sp³-hybridized carbons (Fsp3) is 0.320. The van der Waals surface area contributed by atoms with Crippen LogP contribution in [-0.2, 0) is 14.3 Å². The average Bonchev–Trinajstić information content (AvgIpc) is 3.07. The quantitative estimate of drug-likeness (QED) is 0.452. The van der Waals surface area contributed by atoms with E-state index in [4.69, 9.17) is 4.99 Å². The lowest BCUT2D eigenvalue weighted by molar-refractivity contribution is -0.143. The van der Waals surface area contributed by atoms with Gasteiger partial charge in [0.05, 0.1) is 12.8 Å². The Labute approximate surface area is 171 Å². The number of nitrogens with zero attached hydrogens (tertiary/aromatic N) is 1. The summed E-state index contributed by atoms with van der Waals surface area (Å²) in [5.41, 5.74) is 7.74. The van der Waals surface area contributed by atoms with Crippen molar-refractivity contribution in [1.82, 2.24) is 0 Å². The van der Waals surface area contributed by atoms with E-state index in [1.54, 1.807) is 0 Å². The van der Waals surface area contributed by atoms with Crippen LogP contribution in [0.15, 0.2) is 64.8 Å². The lowest BCUT2D eigenvalue weighted by atomic mass is 9.85. The van der Waals surface area contributed by atoms with Crippen LogP contribution >= 0.6 is 0 Å². The number of benzene rings is 2. The molecule has 2 aliphatic rings. The number of methoxy groups -OCH3 is 1. The van der Waals surface area contributed by atoms with Crippen molar-refractivity contribution in [2.75, 3.05) is 7.11 Å².